The SMILES string of the molecule is C[C@H](COCC(=O)N1CCN(C(=O)OCc2ccccc2)CC1)[C@H](NCC(=O)[C@@H](C)N(C)C(=O)OC(C)(C)C)c1ccco1. The Morgan fingerprint density at radius 1 is 0.977 bits per heavy atom. The summed E-state index contributed by atoms with van der Waals surface area (Å²) < 4.78 is 22.2. The molecular formula is C32H46N4O8. The summed E-state index contributed by atoms with van der Waals surface area (Å²) in [4.78, 5) is 55.1. The number of carbonyl (C=O) groups excluding carboxylic acids is 4. The molecular weight excluding hydrogens is 568 g/mol. The molecule has 3 atom stereocenters. The minimum Gasteiger partial charge on any atom is -0.468 e. The quantitative estimate of drug-likeness (QED) is 0.357. The van der Waals surface area contributed by atoms with Crippen LogP contribution in [0, 0.1) is 5.92 Å². The average Bonchev–Trinajstić information content (AvgIpc) is 3.53. The second kappa shape index (κ2) is 16.2. The molecule has 0 unspecified atom stereocenters. The Morgan fingerprint density at radius 2 is 1.64 bits per heavy atom. The van der Waals surface area contributed by atoms with Crippen LogP contribution in [0.3, 0.4) is 0 Å². The Morgan fingerprint density at radius 3 is 2.25 bits per heavy atom. The summed E-state index contributed by atoms with van der Waals surface area (Å²) in [6.07, 6.45) is 0.586. The number of hydrogen-bond acceptors (Lipinski definition) is 9. The van der Waals surface area contributed by atoms with Crippen LogP contribution in [0.25, 0.3) is 0 Å². The summed E-state index contributed by atoms with van der Waals surface area (Å²) in [5.74, 6) is 0.119. The van der Waals surface area contributed by atoms with Gasteiger partial charge in [-0.05, 0) is 45.4 Å². The van der Waals surface area contributed by atoms with Gasteiger partial charge in [0, 0.05) is 39.1 Å². The van der Waals surface area contributed by atoms with Gasteiger partial charge in [0.15, 0.2) is 5.78 Å². The van der Waals surface area contributed by atoms with Gasteiger partial charge in [-0.1, -0.05) is 37.3 Å². The van der Waals surface area contributed by atoms with Gasteiger partial charge in [0.25, 0.3) is 0 Å². The van der Waals surface area contributed by atoms with Crippen molar-refractivity contribution in [2.24, 2.45) is 5.92 Å². The number of Topliss-reactive ketones (excluding diaryl/α,β-unsaturated/α-hetero) is 1. The predicted molar refractivity (Wildman–Crippen MR) is 163 cm³/mol. The van der Waals surface area contributed by atoms with Crippen LogP contribution < -0.4 is 5.32 Å². The number of piperazine rings is 1. The zero-order valence-corrected chi connectivity index (χ0v) is 26.6. The smallest absolute Gasteiger partial charge is 0.410 e. The fourth-order valence-electron chi connectivity index (χ4n) is 4.59. The lowest BCUT2D eigenvalue weighted by Crippen LogP contribution is -2.51. The number of carbonyl (C=O) groups is 4. The molecule has 0 saturated carbocycles. The summed E-state index contributed by atoms with van der Waals surface area (Å²) in [7, 11) is 1.53. The number of ketones is 1. The lowest BCUT2D eigenvalue weighted by atomic mass is 10.00. The van der Waals surface area contributed by atoms with Crippen molar-refractivity contribution in [3.63, 3.8) is 0 Å². The number of rotatable bonds is 13. The van der Waals surface area contributed by atoms with Crippen molar-refractivity contribution in [3.8, 4) is 0 Å². The molecule has 1 N–H and O–H groups in total. The highest BCUT2D eigenvalue weighted by Gasteiger charge is 2.29. The molecule has 0 radical (unpaired) electrons. The molecule has 1 aliphatic heterocycles. The second-order valence-electron chi connectivity index (χ2n) is 12.0. The Kier molecular flexibility index (Phi) is 12.8. The largest absolute Gasteiger partial charge is 0.468 e. The summed E-state index contributed by atoms with van der Waals surface area (Å²) in [5.41, 5.74) is 0.246. The molecule has 44 heavy (non-hydrogen) atoms. The molecule has 1 saturated heterocycles. The first-order valence-corrected chi connectivity index (χ1v) is 14.9. The van der Waals surface area contributed by atoms with Gasteiger partial charge >= 0.3 is 12.2 Å². The maximum atomic E-state index is 12.9. The van der Waals surface area contributed by atoms with E-state index in [9.17, 15) is 19.2 Å². The summed E-state index contributed by atoms with van der Waals surface area (Å²) >= 11 is 0. The van der Waals surface area contributed by atoms with Gasteiger partial charge in [0.05, 0.1) is 31.5 Å². The number of nitrogens with zero attached hydrogens (tertiary/aromatic N) is 3. The van der Waals surface area contributed by atoms with Crippen LogP contribution in [-0.2, 0) is 30.4 Å². The Balaban J connectivity index is 1.42. The van der Waals surface area contributed by atoms with Crippen LogP contribution in [0.15, 0.2) is 53.1 Å². The Labute approximate surface area is 259 Å². The van der Waals surface area contributed by atoms with Crippen molar-refractivity contribution < 1.29 is 37.8 Å². The van der Waals surface area contributed by atoms with Gasteiger partial charge in [-0.3, -0.25) is 9.59 Å². The van der Waals surface area contributed by atoms with E-state index in [-0.39, 0.29) is 50.0 Å². The predicted octanol–water partition coefficient (Wildman–Crippen LogP) is 3.87. The van der Waals surface area contributed by atoms with E-state index in [2.05, 4.69) is 5.32 Å². The normalized spacial score (nSPS) is 15.7. The van der Waals surface area contributed by atoms with E-state index >= 15 is 0 Å². The molecule has 3 amide bonds. The lowest BCUT2D eigenvalue weighted by Gasteiger charge is -2.34. The molecule has 1 fully saturated rings. The van der Waals surface area contributed by atoms with Crippen molar-refractivity contribution >= 4 is 23.9 Å². The molecule has 2 aromatic rings. The number of ether oxygens (including phenoxy) is 3. The van der Waals surface area contributed by atoms with Gasteiger partial charge < -0.3 is 38.6 Å². The van der Waals surface area contributed by atoms with Crippen LogP contribution in [0.5, 0.6) is 0 Å². The molecule has 1 aromatic carbocycles. The average molecular weight is 615 g/mol. The van der Waals surface area contributed by atoms with E-state index in [0.717, 1.165) is 5.56 Å². The third kappa shape index (κ3) is 10.7. The maximum Gasteiger partial charge on any atom is 0.410 e. The molecule has 0 bridgehead atoms. The lowest BCUT2D eigenvalue weighted by molar-refractivity contribution is -0.138. The van der Waals surface area contributed by atoms with Crippen molar-refractivity contribution in [2.45, 2.75) is 58.9 Å². The topological polar surface area (TPSA) is 131 Å². The number of likely N-dealkylation sites (N-methyl/N-ethyl adjacent to an activating group) is 1. The van der Waals surface area contributed by atoms with Gasteiger partial charge in [0.2, 0.25) is 5.91 Å². The van der Waals surface area contributed by atoms with Crippen LogP contribution >= 0.6 is 0 Å². The highest BCUT2D eigenvalue weighted by molar-refractivity contribution is 5.88. The third-order valence-corrected chi connectivity index (χ3v) is 7.35. The van der Waals surface area contributed by atoms with E-state index < -0.39 is 23.8 Å². The van der Waals surface area contributed by atoms with Crippen molar-refractivity contribution in [1.29, 1.82) is 0 Å². The summed E-state index contributed by atoms with van der Waals surface area (Å²) in [5, 5.41) is 3.24. The minimum absolute atomic E-state index is 0.0129. The Bertz CT molecular complexity index is 1210. The van der Waals surface area contributed by atoms with E-state index in [0.29, 0.717) is 31.9 Å². The summed E-state index contributed by atoms with van der Waals surface area (Å²) in [6, 6.07) is 12.0. The van der Waals surface area contributed by atoms with Crippen molar-refractivity contribution in [1.82, 2.24) is 20.0 Å². The fraction of sp³-hybridized carbons (Fsp3) is 0.562. The minimum atomic E-state index is -0.704. The number of nitrogens with one attached hydrogen (secondary N) is 1. The standard InChI is InChI=1S/C32H46N4O8/c1-23(29(27-13-10-18-42-27)33-19-26(37)24(2)34(6)30(39)44-32(3,4)5)20-41-22-28(38)35-14-16-36(17-15-35)31(40)43-21-25-11-8-7-9-12-25/h7-13,18,23-24,29,33H,14-17,19-22H2,1-6H3/t23-,24-,29+/m1/s1. The van der Waals surface area contributed by atoms with Gasteiger partial charge in [0.1, 0.15) is 24.6 Å². The molecule has 1 aliphatic rings. The first-order chi connectivity index (χ1) is 20.9. The second-order valence-corrected chi connectivity index (χ2v) is 12.0. The van der Waals surface area contributed by atoms with E-state index in [1.807, 2.05) is 43.3 Å². The first kappa shape index (κ1) is 34.6. The van der Waals surface area contributed by atoms with Crippen LogP contribution in [0.4, 0.5) is 9.59 Å². The van der Waals surface area contributed by atoms with Crippen LogP contribution in [-0.4, -0.2) is 103 Å². The Hall–Kier alpha value is -3.90. The monoisotopic (exact) mass is 614 g/mol. The third-order valence-electron chi connectivity index (χ3n) is 7.35. The molecule has 12 heteroatoms. The highest BCUT2D eigenvalue weighted by Crippen LogP contribution is 2.23. The van der Waals surface area contributed by atoms with Gasteiger partial charge in [-0.25, -0.2) is 9.59 Å². The van der Waals surface area contributed by atoms with Gasteiger partial charge in [-0.15, -0.1) is 0 Å². The van der Waals surface area contributed by atoms with E-state index in [1.165, 1.54) is 11.9 Å². The highest BCUT2D eigenvalue weighted by atomic mass is 16.6. The van der Waals surface area contributed by atoms with Crippen molar-refractivity contribution in [3.05, 3.63) is 60.1 Å². The van der Waals surface area contributed by atoms with Crippen molar-refractivity contribution in [2.75, 3.05) is 53.0 Å². The number of furan rings is 1. The molecule has 3 rings (SSSR count). The summed E-state index contributed by atoms with van der Waals surface area (Å²) in [6.45, 7) is 10.8. The number of hydrogen-bond donors (Lipinski definition) is 1. The van der Waals surface area contributed by atoms with E-state index in [1.54, 1.807) is 49.8 Å². The van der Waals surface area contributed by atoms with Crippen LogP contribution in [0.1, 0.15) is 52.0 Å². The maximum absolute atomic E-state index is 12.9. The molecule has 0 spiro atoms. The molecule has 2 heterocycles. The zero-order valence-electron chi connectivity index (χ0n) is 26.6. The molecule has 0 aliphatic carbocycles. The zero-order chi connectivity index (χ0) is 32.3. The number of benzene rings is 1. The van der Waals surface area contributed by atoms with Gasteiger partial charge in [-0.2, -0.15) is 0 Å². The molecule has 1 aromatic heterocycles. The van der Waals surface area contributed by atoms with Crippen LogP contribution in [0.2, 0.25) is 0 Å². The number of amides is 3. The first-order valence-electron chi connectivity index (χ1n) is 14.9. The fourth-order valence-corrected chi connectivity index (χ4v) is 4.59. The molecule has 242 valence electrons. The molecule has 12 nitrogen and oxygen atoms in total. The van der Waals surface area contributed by atoms with E-state index in [4.69, 9.17) is 18.6 Å².